The van der Waals surface area contributed by atoms with E-state index >= 15 is 0 Å². The van der Waals surface area contributed by atoms with Gasteiger partial charge in [-0.1, -0.05) is 32.9 Å². The zero-order valence-corrected chi connectivity index (χ0v) is 27.1. The van der Waals surface area contributed by atoms with Gasteiger partial charge in [0.25, 0.3) is 5.91 Å². The van der Waals surface area contributed by atoms with Crippen LogP contribution in [0.1, 0.15) is 67.7 Å². The molecule has 2 aliphatic rings. The van der Waals surface area contributed by atoms with Crippen LogP contribution in [0.4, 0.5) is 0 Å². The lowest BCUT2D eigenvalue weighted by Gasteiger charge is -2.49. The summed E-state index contributed by atoms with van der Waals surface area (Å²) in [6.07, 6.45) is -4.90. The van der Waals surface area contributed by atoms with Gasteiger partial charge in [-0.05, 0) is 6.92 Å². The van der Waals surface area contributed by atoms with Crippen LogP contribution in [-0.4, -0.2) is 100 Å². The highest BCUT2D eigenvalue weighted by molar-refractivity contribution is 5.84. The van der Waals surface area contributed by atoms with Gasteiger partial charge in [-0.25, -0.2) is 0 Å². The maximum Gasteiger partial charge on any atom is 0.303 e. The highest BCUT2D eigenvalue weighted by Gasteiger charge is 2.54. The van der Waals surface area contributed by atoms with Crippen molar-refractivity contribution >= 4 is 23.8 Å². The van der Waals surface area contributed by atoms with Crippen molar-refractivity contribution in [3.05, 3.63) is 12.2 Å². The lowest BCUT2D eigenvalue weighted by atomic mass is 9.74. The molecule has 0 aromatic carbocycles. The fraction of sp³-hybridized carbons (Fsp3) is 0.800. The van der Waals surface area contributed by atoms with Crippen molar-refractivity contribution in [2.45, 2.75) is 116 Å². The summed E-state index contributed by atoms with van der Waals surface area (Å²) < 4.78 is 45.9. The third-order valence-corrected chi connectivity index (χ3v) is 8.39. The molecule has 1 amide bonds. The van der Waals surface area contributed by atoms with Gasteiger partial charge in [0.05, 0.1) is 18.3 Å². The van der Waals surface area contributed by atoms with Gasteiger partial charge in [0.1, 0.15) is 18.8 Å². The maximum absolute atomic E-state index is 13.8. The molecule has 2 heterocycles. The van der Waals surface area contributed by atoms with Crippen LogP contribution < -0.4 is 5.32 Å². The average molecular weight is 616 g/mol. The van der Waals surface area contributed by atoms with Crippen molar-refractivity contribution < 1.29 is 57.1 Å². The molecule has 0 spiro atoms. The van der Waals surface area contributed by atoms with Gasteiger partial charge in [-0.15, -0.1) is 0 Å². The van der Waals surface area contributed by atoms with E-state index in [-0.39, 0.29) is 37.9 Å². The van der Waals surface area contributed by atoms with Crippen molar-refractivity contribution in [1.29, 1.82) is 0 Å². The van der Waals surface area contributed by atoms with Crippen LogP contribution in [0.25, 0.3) is 0 Å². The number of hydrogen-bond acceptors (Lipinski definition) is 12. The van der Waals surface area contributed by atoms with Crippen LogP contribution in [-0.2, 0) is 57.1 Å². The Bertz CT molecular complexity index is 1020. The van der Waals surface area contributed by atoms with Gasteiger partial charge >= 0.3 is 17.9 Å². The largest absolute Gasteiger partial charge is 0.463 e. The predicted molar refractivity (Wildman–Crippen MR) is 152 cm³/mol. The fourth-order valence-corrected chi connectivity index (χ4v) is 5.48. The van der Waals surface area contributed by atoms with Gasteiger partial charge in [0, 0.05) is 72.7 Å². The minimum atomic E-state index is -1.63. The van der Waals surface area contributed by atoms with Crippen molar-refractivity contribution in [2.24, 2.45) is 11.3 Å². The Morgan fingerprint density at radius 1 is 1.02 bits per heavy atom. The monoisotopic (exact) mass is 615 g/mol. The maximum atomic E-state index is 13.8. The SMILES string of the molecule is C=C1C[C@](OC)([C@H](OC(C)=O)C(=O)N[C@@H](OC)[C@@H]2C[C@@H](OC(C)=O)C(C)(C)[C@@H](C[C@@H](COC(C)=O)OC)O2)O[C@H](C)[C@@H]1C. The lowest BCUT2D eigenvalue weighted by Crippen LogP contribution is -2.63. The standard InChI is InChI=1S/C30H49NO12/c1-16-14-30(38-11,43-18(3)17(16)2)26(41-21(6)34)27(35)31-28(37-10)23-13-25(40-20(5)33)29(7,8)24(42-23)12-22(36-9)15-39-19(4)32/h17-18,22-26,28H,1,12-15H2,2-11H3,(H,31,35)/t17-,18-,22+,23+,24-,25-,26-,28+,30-/m1/s1. The van der Waals surface area contributed by atoms with Crippen LogP contribution >= 0.6 is 0 Å². The summed E-state index contributed by atoms with van der Waals surface area (Å²) in [6, 6.07) is 0. The zero-order chi connectivity index (χ0) is 32.7. The van der Waals surface area contributed by atoms with Crippen LogP contribution in [0, 0.1) is 11.3 Å². The van der Waals surface area contributed by atoms with Crippen LogP contribution in [0.3, 0.4) is 0 Å². The molecule has 1 N–H and O–H groups in total. The van der Waals surface area contributed by atoms with Gasteiger partial charge < -0.3 is 43.2 Å². The molecule has 0 radical (unpaired) electrons. The lowest BCUT2D eigenvalue weighted by molar-refractivity contribution is -0.300. The second-order valence-electron chi connectivity index (χ2n) is 11.8. The summed E-state index contributed by atoms with van der Waals surface area (Å²) in [7, 11) is 4.25. The smallest absolute Gasteiger partial charge is 0.303 e. The van der Waals surface area contributed by atoms with Gasteiger partial charge in [0.15, 0.2) is 6.23 Å². The Balaban J connectivity index is 2.38. The van der Waals surface area contributed by atoms with E-state index in [9.17, 15) is 19.2 Å². The van der Waals surface area contributed by atoms with Crippen LogP contribution in [0.15, 0.2) is 12.2 Å². The first-order valence-corrected chi connectivity index (χ1v) is 14.4. The van der Waals surface area contributed by atoms with E-state index in [1.807, 2.05) is 27.7 Å². The van der Waals surface area contributed by atoms with Crippen molar-refractivity contribution in [2.75, 3.05) is 27.9 Å². The minimum absolute atomic E-state index is 0.000607. The predicted octanol–water partition coefficient (Wildman–Crippen LogP) is 2.43. The molecule has 2 aliphatic heterocycles. The summed E-state index contributed by atoms with van der Waals surface area (Å²) in [4.78, 5) is 49.4. The molecule has 0 saturated carbocycles. The third-order valence-electron chi connectivity index (χ3n) is 8.39. The second-order valence-corrected chi connectivity index (χ2v) is 11.8. The Morgan fingerprint density at radius 2 is 1.67 bits per heavy atom. The summed E-state index contributed by atoms with van der Waals surface area (Å²) >= 11 is 0. The van der Waals surface area contributed by atoms with Crippen LogP contribution in [0.5, 0.6) is 0 Å². The van der Waals surface area contributed by atoms with Gasteiger partial charge in [-0.3, -0.25) is 19.2 Å². The minimum Gasteiger partial charge on any atom is -0.463 e. The second kappa shape index (κ2) is 15.4. The molecule has 43 heavy (non-hydrogen) atoms. The molecule has 2 rings (SSSR count). The van der Waals surface area contributed by atoms with Gasteiger partial charge in [0.2, 0.25) is 11.9 Å². The highest BCUT2D eigenvalue weighted by atomic mass is 16.7. The number of carbonyl (C=O) groups is 4. The van der Waals surface area contributed by atoms with Crippen LogP contribution in [0.2, 0.25) is 0 Å². The molecule has 2 saturated heterocycles. The average Bonchev–Trinajstić information content (AvgIpc) is 2.92. The van der Waals surface area contributed by atoms with Crippen molar-refractivity contribution in [3.63, 3.8) is 0 Å². The molecule has 9 atom stereocenters. The molecule has 0 aromatic rings. The molecular weight excluding hydrogens is 566 g/mol. The number of ether oxygens (including phenoxy) is 8. The molecule has 0 aliphatic carbocycles. The number of hydrogen-bond donors (Lipinski definition) is 1. The molecule has 0 unspecified atom stereocenters. The molecule has 0 aromatic heterocycles. The first-order chi connectivity index (χ1) is 20.0. The van der Waals surface area contributed by atoms with E-state index in [0.717, 1.165) is 5.57 Å². The number of rotatable bonds is 13. The quantitative estimate of drug-likeness (QED) is 0.140. The van der Waals surface area contributed by atoms with E-state index in [4.69, 9.17) is 37.9 Å². The highest BCUT2D eigenvalue weighted by Crippen LogP contribution is 2.42. The molecule has 13 heteroatoms. The first-order valence-electron chi connectivity index (χ1n) is 14.4. The topological polar surface area (TPSA) is 154 Å². The normalized spacial score (nSPS) is 30.8. The third kappa shape index (κ3) is 9.21. The molecular formula is C30H49NO12. The molecule has 246 valence electrons. The Morgan fingerprint density at radius 3 is 2.16 bits per heavy atom. The zero-order valence-electron chi connectivity index (χ0n) is 27.1. The van der Waals surface area contributed by atoms with Gasteiger partial charge in [-0.2, -0.15) is 0 Å². The van der Waals surface area contributed by atoms with Crippen molar-refractivity contribution in [1.82, 2.24) is 5.32 Å². The van der Waals surface area contributed by atoms with E-state index < -0.39 is 71.8 Å². The Hall–Kier alpha value is -2.58. The molecule has 0 bridgehead atoms. The van der Waals surface area contributed by atoms with E-state index in [0.29, 0.717) is 0 Å². The fourth-order valence-electron chi connectivity index (χ4n) is 5.48. The Kier molecular flexibility index (Phi) is 13.1. The number of methoxy groups -OCH3 is 3. The number of esters is 3. The number of nitrogens with one attached hydrogen (secondary N) is 1. The number of amides is 1. The summed E-state index contributed by atoms with van der Waals surface area (Å²) in [5.74, 6) is -4.02. The summed E-state index contributed by atoms with van der Waals surface area (Å²) in [5.41, 5.74) is 0.0845. The first kappa shape index (κ1) is 36.6. The molecule has 13 nitrogen and oxygen atoms in total. The summed E-state index contributed by atoms with van der Waals surface area (Å²) in [6.45, 7) is 15.5. The number of carbonyl (C=O) groups excluding carboxylic acids is 4. The van der Waals surface area contributed by atoms with E-state index in [1.165, 1.54) is 42.1 Å². The van der Waals surface area contributed by atoms with E-state index in [2.05, 4.69) is 11.9 Å². The summed E-state index contributed by atoms with van der Waals surface area (Å²) in [5, 5.41) is 2.77. The van der Waals surface area contributed by atoms with E-state index in [1.54, 1.807) is 0 Å². The molecule has 2 fully saturated rings. The Labute approximate surface area is 254 Å². The van der Waals surface area contributed by atoms with Crippen molar-refractivity contribution in [3.8, 4) is 0 Å².